The van der Waals surface area contributed by atoms with Crippen LogP contribution in [0.25, 0.3) is 0 Å². The summed E-state index contributed by atoms with van der Waals surface area (Å²) in [5.74, 6) is 5.05. The lowest BCUT2D eigenvalue weighted by Gasteiger charge is -2.10. The molecule has 0 fully saturated rings. The van der Waals surface area contributed by atoms with Crippen LogP contribution in [0.5, 0.6) is 0 Å². The molecule has 12 nitrogen and oxygen atoms in total. The number of nitrogens with two attached hydrogens (primary N) is 1. The highest BCUT2D eigenvalue weighted by atomic mass is 32.2. The van der Waals surface area contributed by atoms with E-state index < -0.39 is 10.1 Å². The summed E-state index contributed by atoms with van der Waals surface area (Å²) in [7, 11) is -4.50. The molecule has 0 aliphatic rings. The Morgan fingerprint density at radius 3 is 2.15 bits per heavy atom. The third kappa shape index (κ3) is 8.95. The number of nitrogens with one attached hydrogen (secondary N) is 3. The number of unbranched alkanes of at least 4 members (excludes halogenated alkanes) is 1. The highest BCUT2D eigenvalue weighted by Gasteiger charge is 2.20. The number of carbonyl (C=O) groups excluding carboxylic acids is 2. The first-order valence-electron chi connectivity index (χ1n) is 12.3. The van der Waals surface area contributed by atoms with Gasteiger partial charge in [0, 0.05) is 37.2 Å². The van der Waals surface area contributed by atoms with Crippen LogP contribution in [0.1, 0.15) is 51.2 Å². The maximum Gasteiger partial charge on any atom is 0.295 e. The van der Waals surface area contributed by atoms with Crippen LogP contribution in [0.4, 0.5) is 0 Å². The molecule has 0 radical (unpaired) electrons. The zero-order chi connectivity index (χ0) is 28.1. The maximum atomic E-state index is 12.4. The molecule has 13 heteroatoms. The first-order chi connectivity index (χ1) is 18.8. The van der Waals surface area contributed by atoms with Crippen LogP contribution in [0.2, 0.25) is 0 Å². The van der Waals surface area contributed by atoms with Crippen LogP contribution in [-0.4, -0.2) is 66.6 Å². The fourth-order valence-corrected chi connectivity index (χ4v) is 4.34. The van der Waals surface area contributed by atoms with E-state index in [4.69, 9.17) is 5.84 Å². The van der Waals surface area contributed by atoms with Crippen LogP contribution >= 0.6 is 0 Å². The number of carbonyl (C=O) groups is 2. The molecule has 2 aromatic heterocycles. The third-order valence-electron chi connectivity index (χ3n) is 5.62. The van der Waals surface area contributed by atoms with E-state index in [1.807, 2.05) is 0 Å². The fourth-order valence-electron chi connectivity index (χ4n) is 3.65. The number of aromatic nitrogens is 2. The van der Waals surface area contributed by atoms with Crippen molar-refractivity contribution in [3.05, 3.63) is 89.5 Å². The molecule has 0 bridgehead atoms. The smallest absolute Gasteiger partial charge is 0.295 e. The van der Waals surface area contributed by atoms with E-state index in [9.17, 15) is 22.6 Å². The van der Waals surface area contributed by atoms with Crippen LogP contribution in [0, 0.1) is 0 Å². The summed E-state index contributed by atoms with van der Waals surface area (Å²) in [6.07, 6.45) is 6.97. The maximum absolute atomic E-state index is 12.4. The van der Waals surface area contributed by atoms with Gasteiger partial charge in [-0.25, -0.2) is 0 Å². The monoisotopic (exact) mass is 553 g/mol. The second-order valence-electron chi connectivity index (χ2n) is 8.45. The van der Waals surface area contributed by atoms with Gasteiger partial charge in [0.25, 0.3) is 21.9 Å². The Hall–Kier alpha value is -4.20. The second kappa shape index (κ2) is 14.7. The molecule has 0 saturated carbocycles. The normalized spacial score (nSPS) is 11.7. The van der Waals surface area contributed by atoms with Gasteiger partial charge >= 0.3 is 0 Å². The van der Waals surface area contributed by atoms with Gasteiger partial charge in [0.15, 0.2) is 0 Å². The molecule has 0 aliphatic carbocycles. The number of amides is 2. The number of hydrogen-bond donors (Lipinski definition) is 5. The van der Waals surface area contributed by atoms with Crippen LogP contribution < -0.4 is 21.8 Å². The van der Waals surface area contributed by atoms with Gasteiger partial charge in [-0.2, -0.15) is 13.5 Å². The SMILES string of the molecule is NN=C(c1ccc(C(=O)NCCCNCCCCNC(=O)c2cccnc2)cn1)c1ccccc1S(=O)(=O)O. The van der Waals surface area contributed by atoms with Gasteiger partial charge in [-0.15, -0.1) is 0 Å². The summed E-state index contributed by atoms with van der Waals surface area (Å²) in [5.41, 5.74) is 1.25. The summed E-state index contributed by atoms with van der Waals surface area (Å²) in [6, 6.07) is 12.2. The topological polar surface area (TPSA) is 189 Å². The predicted octanol–water partition coefficient (Wildman–Crippen LogP) is 1.35. The van der Waals surface area contributed by atoms with Crippen molar-refractivity contribution in [2.24, 2.45) is 10.9 Å². The lowest BCUT2D eigenvalue weighted by Crippen LogP contribution is -2.28. The Labute approximate surface area is 226 Å². The van der Waals surface area contributed by atoms with Crippen molar-refractivity contribution >= 4 is 27.6 Å². The molecule has 6 N–H and O–H groups in total. The molecule has 0 spiro atoms. The van der Waals surface area contributed by atoms with Gasteiger partial charge < -0.3 is 21.8 Å². The molecule has 0 atom stereocenters. The van der Waals surface area contributed by atoms with Crippen LogP contribution in [-0.2, 0) is 10.1 Å². The molecule has 0 saturated heterocycles. The number of benzene rings is 1. The van der Waals surface area contributed by atoms with E-state index in [-0.39, 0.29) is 33.7 Å². The Morgan fingerprint density at radius 1 is 0.846 bits per heavy atom. The van der Waals surface area contributed by atoms with Gasteiger partial charge in [0.1, 0.15) is 10.6 Å². The lowest BCUT2D eigenvalue weighted by molar-refractivity contribution is 0.0944. The minimum atomic E-state index is -4.50. The Bertz CT molecular complexity index is 1380. The van der Waals surface area contributed by atoms with Gasteiger partial charge in [0.05, 0.1) is 16.8 Å². The van der Waals surface area contributed by atoms with Crippen molar-refractivity contribution in [1.82, 2.24) is 25.9 Å². The molecule has 3 aromatic rings. The zero-order valence-electron chi connectivity index (χ0n) is 21.2. The molecule has 1 aromatic carbocycles. The Kier molecular flexibility index (Phi) is 11.0. The number of rotatable bonds is 14. The van der Waals surface area contributed by atoms with Gasteiger partial charge in [-0.3, -0.25) is 24.1 Å². The zero-order valence-corrected chi connectivity index (χ0v) is 22.0. The molecule has 2 amide bonds. The molecule has 206 valence electrons. The van der Waals surface area contributed by atoms with Gasteiger partial charge in [-0.1, -0.05) is 18.2 Å². The standard InChI is InChI=1S/C26H31N7O5S/c27-33-24(21-8-1-2-9-23(21)39(36,37)38)22-11-10-20(18-32-22)26(35)31-16-6-14-28-12-3-4-15-30-25(34)19-7-5-13-29-17-19/h1-2,5,7-11,13,17-18,28H,3-4,6,12,14-16,27H2,(H,30,34)(H,31,35)(H,36,37,38). The van der Waals surface area contributed by atoms with E-state index in [1.165, 1.54) is 42.7 Å². The summed E-state index contributed by atoms with van der Waals surface area (Å²) < 4.78 is 32.9. The van der Waals surface area contributed by atoms with E-state index >= 15 is 0 Å². The quantitative estimate of drug-likeness (QED) is 0.0645. The first kappa shape index (κ1) is 29.4. The summed E-state index contributed by atoms with van der Waals surface area (Å²) in [5, 5.41) is 12.6. The fraction of sp³-hybridized carbons (Fsp3) is 0.269. The number of hydrogen-bond acceptors (Lipinski definition) is 9. The average molecular weight is 554 g/mol. The highest BCUT2D eigenvalue weighted by Crippen LogP contribution is 2.19. The summed E-state index contributed by atoms with van der Waals surface area (Å²) >= 11 is 0. The molecule has 0 aliphatic heterocycles. The summed E-state index contributed by atoms with van der Waals surface area (Å²) in [6.45, 7) is 2.58. The molecule has 39 heavy (non-hydrogen) atoms. The van der Waals surface area contributed by atoms with Crippen molar-refractivity contribution in [2.75, 3.05) is 26.2 Å². The number of hydrazone groups is 1. The number of nitrogens with zero attached hydrogens (tertiary/aromatic N) is 3. The molecular formula is C26H31N7O5S. The van der Waals surface area contributed by atoms with Crippen molar-refractivity contribution in [3.63, 3.8) is 0 Å². The Balaban J connectivity index is 1.35. The number of pyridine rings is 2. The largest absolute Gasteiger partial charge is 0.352 e. The Morgan fingerprint density at radius 2 is 1.51 bits per heavy atom. The predicted molar refractivity (Wildman–Crippen MR) is 146 cm³/mol. The highest BCUT2D eigenvalue weighted by molar-refractivity contribution is 7.86. The van der Waals surface area contributed by atoms with Crippen LogP contribution in [0.3, 0.4) is 0 Å². The van der Waals surface area contributed by atoms with E-state index in [2.05, 4.69) is 31.0 Å². The van der Waals surface area contributed by atoms with E-state index in [0.29, 0.717) is 24.2 Å². The van der Waals surface area contributed by atoms with Gasteiger partial charge in [0.2, 0.25) is 0 Å². The molecule has 2 heterocycles. The van der Waals surface area contributed by atoms with E-state index in [1.54, 1.807) is 24.4 Å². The first-order valence-corrected chi connectivity index (χ1v) is 13.7. The lowest BCUT2D eigenvalue weighted by atomic mass is 10.1. The van der Waals surface area contributed by atoms with Gasteiger partial charge in [-0.05, 0) is 62.7 Å². The van der Waals surface area contributed by atoms with Crippen molar-refractivity contribution in [3.8, 4) is 0 Å². The van der Waals surface area contributed by atoms with Crippen molar-refractivity contribution < 1.29 is 22.6 Å². The summed E-state index contributed by atoms with van der Waals surface area (Å²) in [4.78, 5) is 32.1. The third-order valence-corrected chi connectivity index (χ3v) is 6.53. The molecule has 3 rings (SSSR count). The molecular weight excluding hydrogens is 522 g/mol. The van der Waals surface area contributed by atoms with E-state index in [0.717, 1.165) is 32.4 Å². The second-order valence-corrected chi connectivity index (χ2v) is 9.84. The van der Waals surface area contributed by atoms with Crippen LogP contribution in [0.15, 0.2) is 77.1 Å². The van der Waals surface area contributed by atoms with Crippen molar-refractivity contribution in [1.29, 1.82) is 0 Å². The molecule has 0 unspecified atom stereocenters. The average Bonchev–Trinajstić information content (AvgIpc) is 2.94. The minimum absolute atomic E-state index is 0.0529. The minimum Gasteiger partial charge on any atom is -0.352 e. The van der Waals surface area contributed by atoms with Crippen molar-refractivity contribution in [2.45, 2.75) is 24.2 Å².